The number of aryl methyl sites for hydroxylation is 3. The fourth-order valence-corrected chi connectivity index (χ4v) is 3.75. The van der Waals surface area contributed by atoms with Crippen LogP contribution in [0.25, 0.3) is 0 Å². The molecule has 1 saturated heterocycles. The summed E-state index contributed by atoms with van der Waals surface area (Å²) < 4.78 is 0. The molecule has 1 aromatic carbocycles. The summed E-state index contributed by atoms with van der Waals surface area (Å²) in [7, 11) is 0. The van der Waals surface area contributed by atoms with Gasteiger partial charge in [0.1, 0.15) is 0 Å². The zero-order valence-corrected chi connectivity index (χ0v) is 13.1. The van der Waals surface area contributed by atoms with Crippen LogP contribution in [-0.4, -0.2) is 18.6 Å². The van der Waals surface area contributed by atoms with Crippen molar-refractivity contribution in [1.82, 2.24) is 0 Å². The first-order valence-corrected chi connectivity index (χ1v) is 7.40. The van der Waals surface area contributed by atoms with Crippen molar-refractivity contribution in [3.05, 3.63) is 28.8 Å². The number of hydrogen-bond donors (Lipinski definition) is 1. The molecular weight excluding hydrogens is 232 g/mol. The molecule has 106 valence electrons. The first-order chi connectivity index (χ1) is 8.85. The normalized spacial score (nSPS) is 22.6. The van der Waals surface area contributed by atoms with Crippen LogP contribution in [-0.2, 0) is 0 Å². The molecule has 19 heavy (non-hydrogen) atoms. The lowest BCUT2D eigenvalue weighted by Crippen LogP contribution is -2.51. The maximum Gasteiger partial charge on any atom is 0.0430 e. The minimum atomic E-state index is 0.201. The second kappa shape index (κ2) is 5.16. The highest BCUT2D eigenvalue weighted by Gasteiger charge is 2.35. The standard InChI is InChI=1S/C17H28N2/c1-12-8-13(2)16(14(3)9-12)19-7-6-15(11-18)10-17(19,4)5/h8-9,15H,6-7,10-11,18H2,1-5H3. The fraction of sp³-hybridized carbons (Fsp3) is 0.647. The van der Waals surface area contributed by atoms with Crippen molar-refractivity contribution in [2.45, 2.75) is 53.0 Å². The van der Waals surface area contributed by atoms with Crippen molar-refractivity contribution in [3.8, 4) is 0 Å². The van der Waals surface area contributed by atoms with E-state index in [0.29, 0.717) is 5.92 Å². The zero-order chi connectivity index (χ0) is 14.2. The summed E-state index contributed by atoms with van der Waals surface area (Å²) in [6.07, 6.45) is 2.41. The molecule has 0 saturated carbocycles. The van der Waals surface area contributed by atoms with E-state index in [4.69, 9.17) is 5.73 Å². The summed E-state index contributed by atoms with van der Waals surface area (Å²) in [6, 6.07) is 4.60. The van der Waals surface area contributed by atoms with Gasteiger partial charge in [0.2, 0.25) is 0 Å². The van der Waals surface area contributed by atoms with Gasteiger partial charge in [-0.25, -0.2) is 0 Å². The van der Waals surface area contributed by atoms with Crippen molar-refractivity contribution in [1.29, 1.82) is 0 Å². The van der Waals surface area contributed by atoms with Crippen LogP contribution in [0.15, 0.2) is 12.1 Å². The van der Waals surface area contributed by atoms with Gasteiger partial charge < -0.3 is 10.6 Å². The van der Waals surface area contributed by atoms with E-state index in [9.17, 15) is 0 Å². The predicted octanol–water partition coefficient (Wildman–Crippen LogP) is 3.57. The number of nitrogens with two attached hydrogens (primary N) is 1. The molecule has 1 aliphatic heterocycles. The molecular formula is C17H28N2. The van der Waals surface area contributed by atoms with E-state index in [1.165, 1.54) is 35.2 Å². The smallest absolute Gasteiger partial charge is 0.0430 e. The molecule has 2 nitrogen and oxygen atoms in total. The Kier molecular flexibility index (Phi) is 3.91. The van der Waals surface area contributed by atoms with Crippen LogP contribution in [0, 0.1) is 26.7 Å². The van der Waals surface area contributed by atoms with Crippen molar-refractivity contribution < 1.29 is 0 Å². The molecule has 0 radical (unpaired) electrons. The average Bonchev–Trinajstić information content (AvgIpc) is 2.29. The molecule has 1 atom stereocenters. The second-order valence-corrected chi connectivity index (χ2v) is 6.81. The van der Waals surface area contributed by atoms with Gasteiger partial charge in [-0.15, -0.1) is 0 Å². The Morgan fingerprint density at radius 2 is 1.79 bits per heavy atom. The maximum absolute atomic E-state index is 5.87. The van der Waals surface area contributed by atoms with Crippen LogP contribution in [0.3, 0.4) is 0 Å². The third kappa shape index (κ3) is 2.79. The van der Waals surface area contributed by atoms with Crippen molar-refractivity contribution >= 4 is 5.69 Å². The van der Waals surface area contributed by atoms with Gasteiger partial charge in [-0.3, -0.25) is 0 Å². The highest BCUT2D eigenvalue weighted by Crippen LogP contribution is 2.38. The van der Waals surface area contributed by atoms with Gasteiger partial charge in [-0.05, 0) is 71.0 Å². The minimum absolute atomic E-state index is 0.201. The van der Waals surface area contributed by atoms with E-state index in [1.807, 2.05) is 0 Å². The molecule has 1 heterocycles. The Hall–Kier alpha value is -1.02. The van der Waals surface area contributed by atoms with Crippen LogP contribution in [0.1, 0.15) is 43.4 Å². The molecule has 2 rings (SSSR count). The number of anilines is 1. The number of hydrogen-bond acceptors (Lipinski definition) is 2. The summed E-state index contributed by atoms with van der Waals surface area (Å²) in [6.45, 7) is 13.3. The van der Waals surface area contributed by atoms with E-state index >= 15 is 0 Å². The third-order valence-electron chi connectivity index (χ3n) is 4.52. The molecule has 2 heteroatoms. The van der Waals surface area contributed by atoms with E-state index < -0.39 is 0 Å². The molecule has 1 aromatic rings. The highest BCUT2D eigenvalue weighted by atomic mass is 15.2. The number of rotatable bonds is 2. The molecule has 2 N–H and O–H groups in total. The lowest BCUT2D eigenvalue weighted by molar-refractivity contribution is 0.278. The minimum Gasteiger partial charge on any atom is -0.366 e. The van der Waals surface area contributed by atoms with Crippen LogP contribution in [0.2, 0.25) is 0 Å². The Balaban J connectivity index is 2.37. The van der Waals surface area contributed by atoms with Gasteiger partial charge in [0.05, 0.1) is 0 Å². The first kappa shape index (κ1) is 14.4. The van der Waals surface area contributed by atoms with Gasteiger partial charge in [-0.2, -0.15) is 0 Å². The largest absolute Gasteiger partial charge is 0.366 e. The number of benzene rings is 1. The van der Waals surface area contributed by atoms with Crippen LogP contribution >= 0.6 is 0 Å². The Morgan fingerprint density at radius 1 is 1.21 bits per heavy atom. The van der Waals surface area contributed by atoms with Gasteiger partial charge in [-0.1, -0.05) is 17.7 Å². The molecule has 0 spiro atoms. The summed E-state index contributed by atoms with van der Waals surface area (Å²) >= 11 is 0. The molecule has 1 aliphatic rings. The molecule has 0 bridgehead atoms. The summed E-state index contributed by atoms with van der Waals surface area (Å²) in [5.41, 5.74) is 11.7. The van der Waals surface area contributed by atoms with Crippen molar-refractivity contribution in [2.24, 2.45) is 11.7 Å². The van der Waals surface area contributed by atoms with E-state index in [2.05, 4.69) is 51.7 Å². The summed E-state index contributed by atoms with van der Waals surface area (Å²) in [5, 5.41) is 0. The van der Waals surface area contributed by atoms with Gasteiger partial charge in [0, 0.05) is 17.8 Å². The third-order valence-corrected chi connectivity index (χ3v) is 4.52. The first-order valence-electron chi connectivity index (χ1n) is 7.40. The van der Waals surface area contributed by atoms with Crippen molar-refractivity contribution in [3.63, 3.8) is 0 Å². The van der Waals surface area contributed by atoms with Crippen molar-refractivity contribution in [2.75, 3.05) is 18.0 Å². The molecule has 1 fully saturated rings. The Bertz CT molecular complexity index is 439. The number of nitrogens with zero attached hydrogens (tertiary/aromatic N) is 1. The molecule has 0 aromatic heterocycles. The SMILES string of the molecule is Cc1cc(C)c(N2CCC(CN)CC2(C)C)c(C)c1. The molecule has 0 amide bonds. The number of piperidine rings is 1. The topological polar surface area (TPSA) is 29.3 Å². The summed E-state index contributed by atoms with van der Waals surface area (Å²) in [5.74, 6) is 0.678. The lowest BCUT2D eigenvalue weighted by atomic mass is 9.81. The fourth-order valence-electron chi connectivity index (χ4n) is 3.75. The van der Waals surface area contributed by atoms with Gasteiger partial charge in [0.15, 0.2) is 0 Å². The van der Waals surface area contributed by atoms with Crippen LogP contribution < -0.4 is 10.6 Å². The second-order valence-electron chi connectivity index (χ2n) is 6.81. The zero-order valence-electron chi connectivity index (χ0n) is 13.1. The monoisotopic (exact) mass is 260 g/mol. The summed E-state index contributed by atoms with van der Waals surface area (Å²) in [4.78, 5) is 2.60. The maximum atomic E-state index is 5.87. The average molecular weight is 260 g/mol. The van der Waals surface area contributed by atoms with Crippen LogP contribution in [0.5, 0.6) is 0 Å². The van der Waals surface area contributed by atoms with E-state index in [0.717, 1.165) is 13.1 Å². The van der Waals surface area contributed by atoms with E-state index in [-0.39, 0.29) is 5.54 Å². The van der Waals surface area contributed by atoms with Gasteiger partial charge >= 0.3 is 0 Å². The predicted molar refractivity (Wildman–Crippen MR) is 83.9 cm³/mol. The quantitative estimate of drug-likeness (QED) is 0.881. The van der Waals surface area contributed by atoms with Crippen LogP contribution in [0.4, 0.5) is 5.69 Å². The van der Waals surface area contributed by atoms with Gasteiger partial charge in [0.25, 0.3) is 0 Å². The lowest BCUT2D eigenvalue weighted by Gasteiger charge is -2.48. The Morgan fingerprint density at radius 3 is 2.26 bits per heavy atom. The highest BCUT2D eigenvalue weighted by molar-refractivity contribution is 5.62. The molecule has 1 unspecified atom stereocenters. The Labute approximate surface area is 118 Å². The van der Waals surface area contributed by atoms with E-state index in [1.54, 1.807) is 0 Å². The molecule has 0 aliphatic carbocycles.